The van der Waals surface area contributed by atoms with Gasteiger partial charge in [-0.2, -0.15) is 0 Å². The maximum absolute atomic E-state index is 13.3. The lowest BCUT2D eigenvalue weighted by Gasteiger charge is -2.08. The summed E-state index contributed by atoms with van der Waals surface area (Å²) in [5.41, 5.74) is 6.76. The van der Waals surface area contributed by atoms with Crippen molar-refractivity contribution in [2.45, 2.75) is 13.5 Å². The first-order chi connectivity index (χ1) is 5.70. The Morgan fingerprint density at radius 2 is 2.17 bits per heavy atom. The molecule has 2 nitrogen and oxygen atoms in total. The number of hydrogen-bond donors (Lipinski definition) is 1. The van der Waals surface area contributed by atoms with Crippen LogP contribution in [-0.4, -0.2) is 7.11 Å². The van der Waals surface area contributed by atoms with Crippen molar-refractivity contribution in [3.8, 4) is 5.75 Å². The van der Waals surface area contributed by atoms with Crippen molar-refractivity contribution in [1.29, 1.82) is 0 Å². The number of methoxy groups -OCH3 is 1. The van der Waals surface area contributed by atoms with Gasteiger partial charge in [-0.25, -0.2) is 4.39 Å². The average Bonchev–Trinajstić information content (AvgIpc) is 2.06. The van der Waals surface area contributed by atoms with E-state index in [2.05, 4.69) is 0 Å². The highest BCUT2D eigenvalue weighted by atomic mass is 19.1. The molecule has 0 amide bonds. The van der Waals surface area contributed by atoms with Crippen LogP contribution in [0, 0.1) is 12.7 Å². The number of hydrogen-bond acceptors (Lipinski definition) is 2. The maximum atomic E-state index is 13.3. The Kier molecular flexibility index (Phi) is 2.65. The van der Waals surface area contributed by atoms with Gasteiger partial charge in [0.2, 0.25) is 0 Å². The van der Waals surface area contributed by atoms with Crippen LogP contribution in [0.25, 0.3) is 0 Å². The first-order valence-corrected chi connectivity index (χ1v) is 3.72. The summed E-state index contributed by atoms with van der Waals surface area (Å²) >= 11 is 0. The zero-order valence-corrected chi connectivity index (χ0v) is 7.23. The van der Waals surface area contributed by atoms with E-state index in [0.29, 0.717) is 5.56 Å². The van der Waals surface area contributed by atoms with Crippen LogP contribution in [0.15, 0.2) is 12.1 Å². The Hall–Kier alpha value is -1.09. The molecule has 0 fully saturated rings. The molecule has 0 spiro atoms. The lowest BCUT2D eigenvalue weighted by atomic mass is 10.1. The average molecular weight is 169 g/mol. The number of rotatable bonds is 2. The van der Waals surface area contributed by atoms with Crippen LogP contribution in [0.2, 0.25) is 0 Å². The van der Waals surface area contributed by atoms with Crippen molar-refractivity contribution in [3.05, 3.63) is 29.1 Å². The molecule has 0 aromatic heterocycles. The summed E-state index contributed by atoms with van der Waals surface area (Å²) in [4.78, 5) is 0. The molecule has 0 heterocycles. The molecular weight excluding hydrogens is 157 g/mol. The third-order valence-corrected chi connectivity index (χ3v) is 1.87. The number of ether oxygens (including phenoxy) is 1. The van der Waals surface area contributed by atoms with Crippen LogP contribution in [0.5, 0.6) is 5.75 Å². The molecule has 0 radical (unpaired) electrons. The van der Waals surface area contributed by atoms with Crippen molar-refractivity contribution in [2.75, 3.05) is 7.11 Å². The molecule has 1 aromatic carbocycles. The zero-order valence-electron chi connectivity index (χ0n) is 7.23. The lowest BCUT2D eigenvalue weighted by Crippen LogP contribution is -2.04. The summed E-state index contributed by atoms with van der Waals surface area (Å²) in [5.74, 6) is -0.0962. The molecule has 0 unspecified atom stereocenters. The number of nitrogens with two attached hydrogens (primary N) is 1. The fourth-order valence-electron chi connectivity index (χ4n) is 1.10. The highest BCUT2D eigenvalue weighted by Gasteiger charge is 2.09. The number of aryl methyl sites for hydroxylation is 1. The molecule has 1 rings (SSSR count). The Labute approximate surface area is 71.1 Å². The minimum atomic E-state index is -0.347. The second-order valence-electron chi connectivity index (χ2n) is 2.58. The Bertz CT molecular complexity index is 286. The minimum Gasteiger partial charge on any atom is -0.494 e. The van der Waals surface area contributed by atoms with E-state index in [1.165, 1.54) is 7.11 Å². The fourth-order valence-corrected chi connectivity index (χ4v) is 1.10. The van der Waals surface area contributed by atoms with Gasteiger partial charge in [0.05, 0.1) is 7.11 Å². The van der Waals surface area contributed by atoms with Crippen LogP contribution in [0.1, 0.15) is 11.1 Å². The predicted molar refractivity (Wildman–Crippen MR) is 45.6 cm³/mol. The van der Waals surface area contributed by atoms with Crippen LogP contribution >= 0.6 is 0 Å². The monoisotopic (exact) mass is 169 g/mol. The van der Waals surface area contributed by atoms with Crippen LogP contribution in [0.3, 0.4) is 0 Å². The largest absolute Gasteiger partial charge is 0.494 e. The first kappa shape index (κ1) is 9.00. The van der Waals surface area contributed by atoms with Crippen LogP contribution in [0.4, 0.5) is 4.39 Å². The summed E-state index contributed by atoms with van der Waals surface area (Å²) in [6.07, 6.45) is 0. The van der Waals surface area contributed by atoms with E-state index in [9.17, 15) is 4.39 Å². The molecule has 3 heteroatoms. The lowest BCUT2D eigenvalue weighted by molar-refractivity contribution is 0.384. The molecule has 0 bridgehead atoms. The number of benzene rings is 1. The SMILES string of the molecule is COc1ccc(C)c(CN)c1F. The summed E-state index contributed by atoms with van der Waals surface area (Å²) in [6.45, 7) is 2.03. The normalized spacial score (nSPS) is 10.0. The Morgan fingerprint density at radius 1 is 1.50 bits per heavy atom. The molecule has 0 saturated heterocycles. The molecule has 0 aliphatic rings. The van der Waals surface area contributed by atoms with Gasteiger partial charge in [-0.15, -0.1) is 0 Å². The van der Waals surface area contributed by atoms with Gasteiger partial charge in [0, 0.05) is 12.1 Å². The highest BCUT2D eigenvalue weighted by Crippen LogP contribution is 2.22. The minimum absolute atomic E-state index is 0.203. The van der Waals surface area contributed by atoms with Crippen molar-refractivity contribution in [3.63, 3.8) is 0 Å². The van der Waals surface area contributed by atoms with E-state index >= 15 is 0 Å². The highest BCUT2D eigenvalue weighted by molar-refractivity contribution is 5.36. The van der Waals surface area contributed by atoms with E-state index in [-0.39, 0.29) is 18.1 Å². The third kappa shape index (κ3) is 1.41. The molecule has 0 saturated carbocycles. The predicted octanol–water partition coefficient (Wildman–Crippen LogP) is 1.60. The van der Waals surface area contributed by atoms with Gasteiger partial charge in [0.25, 0.3) is 0 Å². The van der Waals surface area contributed by atoms with E-state index < -0.39 is 0 Å². The van der Waals surface area contributed by atoms with Gasteiger partial charge in [0.1, 0.15) is 0 Å². The van der Waals surface area contributed by atoms with Crippen LogP contribution < -0.4 is 10.5 Å². The van der Waals surface area contributed by atoms with Crippen molar-refractivity contribution in [2.24, 2.45) is 5.73 Å². The summed E-state index contributed by atoms with van der Waals surface area (Å²) in [6, 6.07) is 3.40. The van der Waals surface area contributed by atoms with Gasteiger partial charge < -0.3 is 10.5 Å². The molecule has 2 N–H and O–H groups in total. The fraction of sp³-hybridized carbons (Fsp3) is 0.333. The standard InChI is InChI=1S/C9H12FNO/c1-6-3-4-8(12-2)9(10)7(6)5-11/h3-4H,5,11H2,1-2H3. The second-order valence-corrected chi connectivity index (χ2v) is 2.58. The second kappa shape index (κ2) is 3.54. The molecule has 66 valence electrons. The van der Waals surface area contributed by atoms with Gasteiger partial charge >= 0.3 is 0 Å². The molecule has 12 heavy (non-hydrogen) atoms. The Balaban J connectivity index is 3.24. The summed E-state index contributed by atoms with van der Waals surface area (Å²) in [7, 11) is 1.44. The smallest absolute Gasteiger partial charge is 0.169 e. The maximum Gasteiger partial charge on any atom is 0.169 e. The third-order valence-electron chi connectivity index (χ3n) is 1.87. The topological polar surface area (TPSA) is 35.2 Å². The van der Waals surface area contributed by atoms with Gasteiger partial charge in [-0.3, -0.25) is 0 Å². The summed E-state index contributed by atoms with van der Waals surface area (Å²) < 4.78 is 18.1. The molecular formula is C9H12FNO. The number of halogens is 1. The van der Waals surface area contributed by atoms with E-state index in [1.54, 1.807) is 12.1 Å². The summed E-state index contributed by atoms with van der Waals surface area (Å²) in [5, 5.41) is 0. The van der Waals surface area contributed by atoms with Gasteiger partial charge in [-0.1, -0.05) is 6.07 Å². The quantitative estimate of drug-likeness (QED) is 0.729. The first-order valence-electron chi connectivity index (χ1n) is 3.72. The van der Waals surface area contributed by atoms with E-state index in [0.717, 1.165) is 5.56 Å². The van der Waals surface area contributed by atoms with E-state index in [4.69, 9.17) is 10.5 Å². The van der Waals surface area contributed by atoms with Crippen molar-refractivity contribution >= 4 is 0 Å². The van der Waals surface area contributed by atoms with Crippen LogP contribution in [-0.2, 0) is 6.54 Å². The van der Waals surface area contributed by atoms with Gasteiger partial charge in [0.15, 0.2) is 11.6 Å². The molecule has 0 aliphatic carbocycles. The molecule has 1 aromatic rings. The van der Waals surface area contributed by atoms with Crippen molar-refractivity contribution < 1.29 is 9.13 Å². The van der Waals surface area contributed by atoms with Gasteiger partial charge in [-0.05, 0) is 18.6 Å². The zero-order chi connectivity index (χ0) is 9.14. The Morgan fingerprint density at radius 3 is 2.67 bits per heavy atom. The van der Waals surface area contributed by atoms with Crippen molar-refractivity contribution in [1.82, 2.24) is 0 Å². The molecule has 0 aliphatic heterocycles. The molecule has 0 atom stereocenters. The van der Waals surface area contributed by atoms with E-state index in [1.807, 2.05) is 6.92 Å².